The Labute approximate surface area is 206 Å². The summed E-state index contributed by atoms with van der Waals surface area (Å²) >= 11 is 1.59. The molecule has 9 heteroatoms. The van der Waals surface area contributed by atoms with Crippen LogP contribution in [0, 0.1) is 0 Å². The largest absolute Gasteiger partial charge is 0.454 e. The molecule has 1 unspecified atom stereocenters. The average molecular weight is 490 g/mol. The first-order valence-electron chi connectivity index (χ1n) is 11.1. The third kappa shape index (κ3) is 5.09. The highest BCUT2D eigenvalue weighted by molar-refractivity contribution is 7.99. The van der Waals surface area contributed by atoms with Crippen LogP contribution in [0.2, 0.25) is 0 Å². The standard InChI is InChI=1S/C26H23N3O5S/c1-16(30)27-18-5-4-6-19(12-18)28-25(31)14-29-20-7-2-3-8-23(20)35-24(13-26(29)32)17-9-10-21-22(11-17)34-15-33-21/h2-12,24H,13-15H2,1H3,(H,27,30)(H,28,31). The van der Waals surface area contributed by atoms with Crippen LogP contribution in [0.3, 0.4) is 0 Å². The molecule has 2 N–H and O–H groups in total. The van der Waals surface area contributed by atoms with E-state index in [2.05, 4.69) is 10.6 Å². The van der Waals surface area contributed by atoms with E-state index in [-0.39, 0.29) is 42.7 Å². The predicted molar refractivity (Wildman–Crippen MR) is 134 cm³/mol. The first-order chi connectivity index (χ1) is 17.0. The second kappa shape index (κ2) is 9.71. The Kier molecular flexibility index (Phi) is 6.33. The van der Waals surface area contributed by atoms with E-state index >= 15 is 0 Å². The number of nitrogens with one attached hydrogen (secondary N) is 2. The van der Waals surface area contributed by atoms with Crippen LogP contribution >= 0.6 is 11.8 Å². The van der Waals surface area contributed by atoms with Crippen LogP contribution in [0.4, 0.5) is 17.1 Å². The van der Waals surface area contributed by atoms with Crippen LogP contribution in [-0.2, 0) is 14.4 Å². The molecule has 35 heavy (non-hydrogen) atoms. The van der Waals surface area contributed by atoms with Crippen molar-refractivity contribution in [2.24, 2.45) is 0 Å². The SMILES string of the molecule is CC(=O)Nc1cccc(NC(=O)CN2C(=O)CC(c3ccc4c(c3)OCO4)Sc3ccccc32)c1. The van der Waals surface area contributed by atoms with E-state index in [0.29, 0.717) is 28.6 Å². The van der Waals surface area contributed by atoms with Gasteiger partial charge in [-0.05, 0) is 48.0 Å². The number of carbonyl (C=O) groups excluding carboxylic acids is 3. The Morgan fingerprint density at radius 1 is 0.971 bits per heavy atom. The molecular formula is C26H23N3O5S. The maximum atomic E-state index is 13.4. The lowest BCUT2D eigenvalue weighted by Gasteiger charge is -2.22. The zero-order valence-electron chi connectivity index (χ0n) is 18.9. The summed E-state index contributed by atoms with van der Waals surface area (Å²) in [5.74, 6) is 0.687. The third-order valence-electron chi connectivity index (χ3n) is 5.62. The quantitative estimate of drug-likeness (QED) is 0.545. The molecule has 8 nitrogen and oxygen atoms in total. The number of rotatable bonds is 5. The second-order valence-corrected chi connectivity index (χ2v) is 9.43. The summed E-state index contributed by atoms with van der Waals surface area (Å²) in [5, 5.41) is 5.38. The molecule has 0 radical (unpaired) electrons. The van der Waals surface area contributed by atoms with E-state index in [0.717, 1.165) is 10.5 Å². The molecule has 0 spiro atoms. The Morgan fingerprint density at radius 2 is 1.74 bits per heavy atom. The van der Waals surface area contributed by atoms with Gasteiger partial charge in [0, 0.05) is 34.9 Å². The van der Waals surface area contributed by atoms with Gasteiger partial charge in [-0.25, -0.2) is 0 Å². The topological polar surface area (TPSA) is 97.0 Å². The number of fused-ring (bicyclic) bond motifs is 2. The highest BCUT2D eigenvalue weighted by atomic mass is 32.2. The zero-order chi connectivity index (χ0) is 24.4. The maximum absolute atomic E-state index is 13.4. The minimum Gasteiger partial charge on any atom is -0.454 e. The van der Waals surface area contributed by atoms with Crippen LogP contribution in [-0.4, -0.2) is 31.1 Å². The zero-order valence-corrected chi connectivity index (χ0v) is 19.8. The molecule has 0 bridgehead atoms. The van der Waals surface area contributed by atoms with Gasteiger partial charge in [0.25, 0.3) is 0 Å². The van der Waals surface area contributed by atoms with Gasteiger partial charge in [-0.1, -0.05) is 24.3 Å². The number of ether oxygens (including phenoxy) is 2. The predicted octanol–water partition coefficient (Wildman–Crippen LogP) is 4.58. The normalized spacial score (nSPS) is 16.3. The molecule has 3 amide bonds. The van der Waals surface area contributed by atoms with Crippen molar-refractivity contribution in [3.05, 3.63) is 72.3 Å². The lowest BCUT2D eigenvalue weighted by Crippen LogP contribution is -2.38. The molecule has 2 heterocycles. The van der Waals surface area contributed by atoms with Gasteiger partial charge < -0.3 is 25.0 Å². The highest BCUT2D eigenvalue weighted by Crippen LogP contribution is 2.47. The summed E-state index contributed by atoms with van der Waals surface area (Å²) in [6.45, 7) is 1.48. The van der Waals surface area contributed by atoms with Crippen molar-refractivity contribution in [1.29, 1.82) is 0 Å². The summed E-state index contributed by atoms with van der Waals surface area (Å²) < 4.78 is 10.9. The van der Waals surface area contributed by atoms with Crippen molar-refractivity contribution in [1.82, 2.24) is 0 Å². The van der Waals surface area contributed by atoms with E-state index in [4.69, 9.17) is 9.47 Å². The highest BCUT2D eigenvalue weighted by Gasteiger charge is 2.31. The smallest absolute Gasteiger partial charge is 0.244 e. The van der Waals surface area contributed by atoms with Crippen molar-refractivity contribution < 1.29 is 23.9 Å². The van der Waals surface area contributed by atoms with Crippen molar-refractivity contribution >= 4 is 46.5 Å². The van der Waals surface area contributed by atoms with E-state index in [9.17, 15) is 14.4 Å². The lowest BCUT2D eigenvalue weighted by atomic mass is 10.1. The summed E-state index contributed by atoms with van der Waals surface area (Å²) in [7, 11) is 0. The average Bonchev–Trinajstić information content (AvgIpc) is 3.25. The van der Waals surface area contributed by atoms with E-state index in [1.165, 1.54) is 11.8 Å². The molecule has 2 aliphatic heterocycles. The number of anilines is 3. The summed E-state index contributed by atoms with van der Waals surface area (Å²) in [5.41, 5.74) is 2.77. The number of amides is 3. The number of para-hydroxylation sites is 1. The van der Waals surface area contributed by atoms with Crippen molar-refractivity contribution in [2.45, 2.75) is 23.5 Å². The maximum Gasteiger partial charge on any atom is 0.244 e. The van der Waals surface area contributed by atoms with Crippen LogP contribution in [0.1, 0.15) is 24.2 Å². The summed E-state index contributed by atoms with van der Waals surface area (Å²) in [6, 6.07) is 20.2. The minimum absolute atomic E-state index is 0.130. The van der Waals surface area contributed by atoms with Crippen LogP contribution in [0.15, 0.2) is 71.6 Å². The first kappa shape index (κ1) is 22.8. The third-order valence-corrected chi connectivity index (χ3v) is 6.95. The monoisotopic (exact) mass is 489 g/mol. The second-order valence-electron chi connectivity index (χ2n) is 8.18. The number of benzene rings is 3. The molecule has 0 fully saturated rings. The van der Waals surface area contributed by atoms with Gasteiger partial charge >= 0.3 is 0 Å². The number of hydrogen-bond donors (Lipinski definition) is 2. The molecule has 178 valence electrons. The molecule has 3 aromatic carbocycles. The molecule has 0 saturated carbocycles. The Balaban J connectivity index is 1.36. The molecule has 0 aromatic heterocycles. The first-order valence-corrected chi connectivity index (χ1v) is 12.0. The Morgan fingerprint density at radius 3 is 2.57 bits per heavy atom. The number of thioether (sulfide) groups is 1. The van der Waals surface area contributed by atoms with E-state index in [1.54, 1.807) is 36.0 Å². The minimum atomic E-state index is -0.334. The number of nitrogens with zero attached hydrogens (tertiary/aromatic N) is 1. The van der Waals surface area contributed by atoms with Gasteiger partial charge in [0.2, 0.25) is 24.5 Å². The van der Waals surface area contributed by atoms with Gasteiger partial charge in [0.15, 0.2) is 11.5 Å². The lowest BCUT2D eigenvalue weighted by molar-refractivity contribution is -0.121. The van der Waals surface area contributed by atoms with Crippen LogP contribution in [0.5, 0.6) is 11.5 Å². The number of carbonyl (C=O) groups is 3. The Hall–Kier alpha value is -3.98. The van der Waals surface area contributed by atoms with E-state index in [1.807, 2.05) is 42.5 Å². The fourth-order valence-corrected chi connectivity index (χ4v) is 5.34. The van der Waals surface area contributed by atoms with Crippen molar-refractivity contribution in [3.63, 3.8) is 0 Å². The molecular weight excluding hydrogens is 466 g/mol. The molecule has 0 aliphatic carbocycles. The Bertz CT molecular complexity index is 1310. The number of hydrogen-bond acceptors (Lipinski definition) is 6. The van der Waals surface area contributed by atoms with Crippen molar-refractivity contribution in [2.75, 3.05) is 28.9 Å². The van der Waals surface area contributed by atoms with Gasteiger partial charge in [-0.2, -0.15) is 0 Å². The molecule has 5 rings (SSSR count). The summed E-state index contributed by atoms with van der Waals surface area (Å²) in [4.78, 5) is 40.1. The molecule has 3 aromatic rings. The van der Waals surface area contributed by atoms with Crippen LogP contribution < -0.4 is 25.0 Å². The molecule has 0 saturated heterocycles. The fraction of sp³-hybridized carbons (Fsp3) is 0.192. The molecule has 2 aliphatic rings. The van der Waals surface area contributed by atoms with Crippen LogP contribution in [0.25, 0.3) is 0 Å². The van der Waals surface area contributed by atoms with Gasteiger partial charge in [-0.15, -0.1) is 11.8 Å². The summed E-state index contributed by atoms with van der Waals surface area (Å²) in [6.07, 6.45) is 0.226. The molecule has 1 atom stereocenters. The van der Waals surface area contributed by atoms with Gasteiger partial charge in [0.1, 0.15) is 6.54 Å². The fourth-order valence-electron chi connectivity index (χ4n) is 4.07. The van der Waals surface area contributed by atoms with Gasteiger partial charge in [0.05, 0.1) is 5.69 Å². The van der Waals surface area contributed by atoms with Crippen molar-refractivity contribution in [3.8, 4) is 11.5 Å². The van der Waals surface area contributed by atoms with Gasteiger partial charge in [-0.3, -0.25) is 14.4 Å². The van der Waals surface area contributed by atoms with E-state index < -0.39 is 0 Å².